The van der Waals surface area contributed by atoms with E-state index in [2.05, 4.69) is 9.64 Å². The molecule has 1 aromatic rings. The molecule has 0 radical (unpaired) electrons. The van der Waals surface area contributed by atoms with Crippen molar-refractivity contribution in [1.29, 1.82) is 0 Å². The van der Waals surface area contributed by atoms with Gasteiger partial charge in [0.25, 0.3) is 0 Å². The van der Waals surface area contributed by atoms with Gasteiger partial charge in [-0.1, -0.05) is 6.07 Å². The highest BCUT2D eigenvalue weighted by Crippen LogP contribution is 2.17. The van der Waals surface area contributed by atoms with Gasteiger partial charge >= 0.3 is 5.97 Å². The lowest BCUT2D eigenvalue weighted by atomic mass is 9.96. The third-order valence-electron chi connectivity index (χ3n) is 4.16. The van der Waals surface area contributed by atoms with Gasteiger partial charge in [0.2, 0.25) is 5.91 Å². The second-order valence-electron chi connectivity index (χ2n) is 5.96. The number of β-amino-alcohol motifs (C(OH)–C–C–N with tert-alkyl or cyclic N) is 1. The molecule has 0 spiro atoms. The van der Waals surface area contributed by atoms with Crippen molar-refractivity contribution in [2.75, 3.05) is 33.4 Å². The maximum Gasteiger partial charge on any atom is 0.337 e. The summed E-state index contributed by atoms with van der Waals surface area (Å²) in [5, 5.41) is 10.1. The van der Waals surface area contributed by atoms with Crippen molar-refractivity contribution in [1.82, 2.24) is 4.90 Å². The second-order valence-corrected chi connectivity index (χ2v) is 5.96. The molecule has 1 fully saturated rings. The number of carbonyl (C=O) groups excluding carboxylic acids is 2. The predicted octanol–water partition coefficient (Wildman–Crippen LogP) is 0.410. The third-order valence-corrected chi connectivity index (χ3v) is 4.16. The summed E-state index contributed by atoms with van der Waals surface area (Å²) in [4.78, 5) is 24.7. The highest BCUT2D eigenvalue weighted by Gasteiger charge is 2.24. The van der Waals surface area contributed by atoms with E-state index in [9.17, 15) is 14.7 Å². The van der Waals surface area contributed by atoms with Crippen LogP contribution in [-0.4, -0.2) is 61.3 Å². The van der Waals surface area contributed by atoms with E-state index in [0.29, 0.717) is 17.9 Å². The Morgan fingerprint density at radius 3 is 2.71 bits per heavy atom. The van der Waals surface area contributed by atoms with Gasteiger partial charge in [0.1, 0.15) is 18.5 Å². The van der Waals surface area contributed by atoms with Gasteiger partial charge in [-0.3, -0.25) is 4.79 Å². The number of aliphatic hydroxyl groups excluding tert-OH is 1. The fraction of sp³-hybridized carbons (Fsp3) is 0.529. The summed E-state index contributed by atoms with van der Waals surface area (Å²) in [5.74, 6) is -0.234. The summed E-state index contributed by atoms with van der Waals surface area (Å²) < 4.78 is 10.2. The van der Waals surface area contributed by atoms with Crippen molar-refractivity contribution < 1.29 is 24.2 Å². The Labute approximate surface area is 141 Å². The minimum atomic E-state index is -0.656. The van der Waals surface area contributed by atoms with E-state index in [1.165, 1.54) is 7.11 Å². The van der Waals surface area contributed by atoms with E-state index in [0.717, 1.165) is 25.9 Å². The summed E-state index contributed by atoms with van der Waals surface area (Å²) in [6.45, 7) is 2.08. The number of carbonyl (C=O) groups is 2. The van der Waals surface area contributed by atoms with Crippen LogP contribution in [0.2, 0.25) is 0 Å². The van der Waals surface area contributed by atoms with Gasteiger partial charge in [-0.15, -0.1) is 0 Å². The summed E-state index contributed by atoms with van der Waals surface area (Å²) in [7, 11) is 1.32. The van der Waals surface area contributed by atoms with Crippen LogP contribution in [0.25, 0.3) is 0 Å². The average molecular weight is 336 g/mol. The molecule has 7 heteroatoms. The zero-order valence-electron chi connectivity index (χ0n) is 13.8. The average Bonchev–Trinajstić information content (AvgIpc) is 2.60. The van der Waals surface area contributed by atoms with Crippen LogP contribution in [-0.2, 0) is 9.53 Å². The lowest BCUT2D eigenvalue weighted by molar-refractivity contribution is -0.123. The van der Waals surface area contributed by atoms with E-state index in [-0.39, 0.29) is 18.4 Å². The Kier molecular flexibility index (Phi) is 6.57. The van der Waals surface area contributed by atoms with E-state index < -0.39 is 12.1 Å². The molecule has 0 aromatic heterocycles. The Hall–Kier alpha value is -2.12. The number of likely N-dealkylation sites (tertiary alicyclic amines) is 1. The number of ether oxygens (including phenoxy) is 2. The molecule has 0 bridgehead atoms. The van der Waals surface area contributed by atoms with Gasteiger partial charge in [0, 0.05) is 12.5 Å². The molecule has 1 aliphatic rings. The molecule has 1 aliphatic heterocycles. The number of nitrogens with two attached hydrogens (primary N) is 1. The number of hydrogen-bond acceptors (Lipinski definition) is 6. The first-order valence-electron chi connectivity index (χ1n) is 8.00. The van der Waals surface area contributed by atoms with Crippen molar-refractivity contribution >= 4 is 11.9 Å². The molecular weight excluding hydrogens is 312 g/mol. The largest absolute Gasteiger partial charge is 0.491 e. The van der Waals surface area contributed by atoms with Crippen molar-refractivity contribution in [3.63, 3.8) is 0 Å². The Bertz CT molecular complexity index is 570. The number of hydrogen-bond donors (Lipinski definition) is 2. The number of amides is 1. The maximum absolute atomic E-state index is 11.5. The number of primary amides is 1. The first-order valence-corrected chi connectivity index (χ1v) is 8.00. The second kappa shape index (κ2) is 8.65. The number of methoxy groups -OCH3 is 1. The van der Waals surface area contributed by atoms with Crippen LogP contribution < -0.4 is 10.5 Å². The summed E-state index contributed by atoms with van der Waals surface area (Å²) in [6, 6.07) is 6.63. The Morgan fingerprint density at radius 2 is 2.08 bits per heavy atom. The molecule has 1 saturated heterocycles. The van der Waals surface area contributed by atoms with Gasteiger partial charge in [-0.25, -0.2) is 4.79 Å². The van der Waals surface area contributed by atoms with Crippen LogP contribution in [0.3, 0.4) is 0 Å². The smallest absolute Gasteiger partial charge is 0.337 e. The minimum Gasteiger partial charge on any atom is -0.491 e. The van der Waals surface area contributed by atoms with Crippen LogP contribution in [0.1, 0.15) is 23.2 Å². The molecule has 3 N–H and O–H groups in total. The van der Waals surface area contributed by atoms with E-state index in [1.54, 1.807) is 24.3 Å². The molecule has 1 atom stereocenters. The topological polar surface area (TPSA) is 102 Å². The van der Waals surface area contributed by atoms with Crippen molar-refractivity contribution in [3.05, 3.63) is 29.8 Å². The highest BCUT2D eigenvalue weighted by molar-refractivity contribution is 5.89. The first-order chi connectivity index (χ1) is 11.5. The molecule has 1 aromatic carbocycles. The van der Waals surface area contributed by atoms with Crippen molar-refractivity contribution in [3.8, 4) is 5.75 Å². The van der Waals surface area contributed by atoms with Crippen molar-refractivity contribution in [2.45, 2.75) is 18.9 Å². The molecular formula is C17H24N2O5. The molecule has 24 heavy (non-hydrogen) atoms. The van der Waals surface area contributed by atoms with E-state index in [1.807, 2.05) is 0 Å². The van der Waals surface area contributed by atoms with Crippen LogP contribution >= 0.6 is 0 Å². The SMILES string of the molecule is COC(=O)c1cccc(OC[C@@H](O)CN2CCC(C(N)=O)CC2)c1. The number of nitrogens with zero attached hydrogens (tertiary/aromatic N) is 1. The zero-order chi connectivity index (χ0) is 17.5. The lowest BCUT2D eigenvalue weighted by Gasteiger charge is -2.31. The molecule has 132 valence electrons. The first kappa shape index (κ1) is 18.2. The number of esters is 1. The molecule has 0 aliphatic carbocycles. The van der Waals surface area contributed by atoms with Crippen LogP contribution in [0.4, 0.5) is 0 Å². The monoisotopic (exact) mass is 336 g/mol. The molecule has 0 saturated carbocycles. The van der Waals surface area contributed by atoms with Crippen LogP contribution in [0.15, 0.2) is 24.3 Å². The van der Waals surface area contributed by atoms with E-state index in [4.69, 9.17) is 10.5 Å². The third kappa shape index (κ3) is 5.21. The normalized spacial score (nSPS) is 17.2. The van der Waals surface area contributed by atoms with Gasteiger partial charge in [0.05, 0.1) is 12.7 Å². The fourth-order valence-corrected chi connectivity index (χ4v) is 2.77. The molecule has 1 heterocycles. The fourth-order valence-electron chi connectivity index (χ4n) is 2.77. The lowest BCUT2D eigenvalue weighted by Crippen LogP contribution is -2.43. The zero-order valence-corrected chi connectivity index (χ0v) is 13.8. The van der Waals surface area contributed by atoms with Gasteiger partial charge < -0.3 is 25.2 Å². The van der Waals surface area contributed by atoms with Crippen molar-refractivity contribution in [2.24, 2.45) is 11.7 Å². The number of benzene rings is 1. The summed E-state index contributed by atoms with van der Waals surface area (Å²) >= 11 is 0. The molecule has 7 nitrogen and oxygen atoms in total. The van der Waals surface area contributed by atoms with Gasteiger partial charge in [-0.2, -0.15) is 0 Å². The number of piperidine rings is 1. The molecule has 2 rings (SSSR count). The van der Waals surface area contributed by atoms with Crippen LogP contribution in [0.5, 0.6) is 5.75 Å². The Balaban J connectivity index is 1.76. The molecule has 1 amide bonds. The summed E-state index contributed by atoms with van der Waals surface area (Å²) in [6.07, 6.45) is 0.797. The van der Waals surface area contributed by atoms with Crippen LogP contribution in [0, 0.1) is 5.92 Å². The van der Waals surface area contributed by atoms with Gasteiger partial charge in [0.15, 0.2) is 0 Å². The quantitative estimate of drug-likeness (QED) is 0.699. The minimum absolute atomic E-state index is 0.0595. The maximum atomic E-state index is 11.5. The standard InChI is InChI=1S/C17H24N2O5/c1-23-17(22)13-3-2-4-15(9-13)24-11-14(20)10-19-7-5-12(6-8-19)16(18)21/h2-4,9,12,14,20H,5-8,10-11H2,1H3,(H2,18,21)/t14-/m0/s1. The molecule has 0 unspecified atom stereocenters. The van der Waals surface area contributed by atoms with E-state index >= 15 is 0 Å². The summed E-state index contributed by atoms with van der Waals surface area (Å²) in [5.41, 5.74) is 5.71. The predicted molar refractivity (Wildman–Crippen MR) is 87.6 cm³/mol. The Morgan fingerprint density at radius 1 is 1.38 bits per heavy atom. The van der Waals surface area contributed by atoms with Gasteiger partial charge in [-0.05, 0) is 44.1 Å². The highest BCUT2D eigenvalue weighted by atomic mass is 16.5. The number of aliphatic hydroxyl groups is 1. The number of rotatable bonds is 7.